The molecule has 3 aromatic rings. The molecule has 0 fully saturated rings. The van der Waals surface area contributed by atoms with Gasteiger partial charge in [0.2, 0.25) is 5.91 Å². The van der Waals surface area contributed by atoms with Crippen molar-refractivity contribution in [1.82, 2.24) is 24.7 Å². The zero-order valence-electron chi connectivity index (χ0n) is 15.6. The molecule has 0 atom stereocenters. The van der Waals surface area contributed by atoms with Gasteiger partial charge in [0, 0.05) is 29.9 Å². The van der Waals surface area contributed by atoms with E-state index in [-0.39, 0.29) is 18.3 Å². The van der Waals surface area contributed by atoms with Gasteiger partial charge in [-0.1, -0.05) is 6.92 Å². The Kier molecular flexibility index (Phi) is 6.46. The number of nitrogens with zero attached hydrogens (tertiary/aromatic N) is 5. The van der Waals surface area contributed by atoms with Crippen molar-refractivity contribution in [2.45, 2.75) is 27.2 Å². The van der Waals surface area contributed by atoms with Crippen molar-refractivity contribution in [2.75, 3.05) is 12.4 Å². The molecule has 0 bridgehead atoms. The molecule has 9 heteroatoms. The topological polar surface area (TPSA) is 94.8 Å². The summed E-state index contributed by atoms with van der Waals surface area (Å²) in [5.41, 5.74) is 3.12. The van der Waals surface area contributed by atoms with E-state index >= 15 is 0 Å². The number of amides is 1. The Hall–Kier alpha value is -3.00. The molecule has 0 saturated carbocycles. The Morgan fingerprint density at radius 3 is 2.59 bits per heavy atom. The number of aromatic nitrogens is 5. The predicted molar refractivity (Wildman–Crippen MR) is 105 cm³/mol. The van der Waals surface area contributed by atoms with E-state index in [0.717, 1.165) is 17.0 Å². The highest BCUT2D eigenvalue weighted by Crippen LogP contribution is 2.24. The molecule has 0 radical (unpaired) electrons. The second kappa shape index (κ2) is 8.59. The summed E-state index contributed by atoms with van der Waals surface area (Å²) in [4.78, 5) is 25.0. The van der Waals surface area contributed by atoms with E-state index in [1.165, 1.54) is 0 Å². The quantitative estimate of drug-likeness (QED) is 0.721. The van der Waals surface area contributed by atoms with E-state index in [4.69, 9.17) is 4.74 Å². The van der Waals surface area contributed by atoms with Gasteiger partial charge < -0.3 is 10.1 Å². The van der Waals surface area contributed by atoms with Crippen LogP contribution in [-0.4, -0.2) is 37.7 Å². The highest BCUT2D eigenvalue weighted by molar-refractivity contribution is 5.90. The number of methoxy groups -OCH3 is 1. The van der Waals surface area contributed by atoms with Gasteiger partial charge in [0.25, 0.3) is 5.95 Å². The van der Waals surface area contributed by atoms with Crippen LogP contribution in [0.15, 0.2) is 30.6 Å². The van der Waals surface area contributed by atoms with Gasteiger partial charge in [-0.05, 0) is 26.0 Å². The molecule has 3 heterocycles. The minimum absolute atomic E-state index is 0. The van der Waals surface area contributed by atoms with Crippen molar-refractivity contribution in [3.05, 3.63) is 42.0 Å². The molecule has 0 aliphatic rings. The standard InChI is InChI=1S/C18H20N6O2.ClH/c1-5-17(25)21-16-8-15(13-7-14(26-4)10-19-9-13)20-18(22-16)24-12(3)6-11(2)23-24;/h6-10H,5H2,1-4H3,(H,20,21,22,25);1H. The number of rotatable bonds is 5. The van der Waals surface area contributed by atoms with Crippen LogP contribution in [0.2, 0.25) is 0 Å². The number of ether oxygens (including phenoxy) is 1. The first-order valence-electron chi connectivity index (χ1n) is 8.22. The normalized spacial score (nSPS) is 10.2. The average Bonchev–Trinajstić information content (AvgIpc) is 2.99. The monoisotopic (exact) mass is 388 g/mol. The average molecular weight is 389 g/mol. The maximum absolute atomic E-state index is 11.8. The number of aryl methyl sites for hydroxylation is 2. The summed E-state index contributed by atoms with van der Waals surface area (Å²) in [5.74, 6) is 1.28. The van der Waals surface area contributed by atoms with Crippen molar-refractivity contribution in [2.24, 2.45) is 0 Å². The SMILES string of the molecule is CCC(=O)Nc1cc(-c2cncc(OC)c2)nc(-n2nc(C)cc2C)n1.Cl. The molecule has 8 nitrogen and oxygen atoms in total. The second-order valence-electron chi connectivity index (χ2n) is 5.79. The second-order valence-corrected chi connectivity index (χ2v) is 5.79. The Bertz CT molecular complexity index is 957. The summed E-state index contributed by atoms with van der Waals surface area (Å²) in [7, 11) is 1.58. The van der Waals surface area contributed by atoms with Gasteiger partial charge in [0.1, 0.15) is 11.6 Å². The minimum atomic E-state index is -0.127. The van der Waals surface area contributed by atoms with Gasteiger partial charge in [-0.3, -0.25) is 9.78 Å². The number of pyridine rings is 1. The van der Waals surface area contributed by atoms with Crippen LogP contribution in [0.4, 0.5) is 5.82 Å². The van der Waals surface area contributed by atoms with Gasteiger partial charge in [-0.2, -0.15) is 10.1 Å². The molecule has 0 unspecified atom stereocenters. The lowest BCUT2D eigenvalue weighted by Crippen LogP contribution is -2.14. The van der Waals surface area contributed by atoms with Crippen molar-refractivity contribution in [1.29, 1.82) is 0 Å². The minimum Gasteiger partial charge on any atom is -0.495 e. The predicted octanol–water partition coefficient (Wildman–Crippen LogP) is 3.12. The van der Waals surface area contributed by atoms with Crippen molar-refractivity contribution in [3.63, 3.8) is 0 Å². The largest absolute Gasteiger partial charge is 0.495 e. The molecule has 142 valence electrons. The molecule has 0 aliphatic heterocycles. The lowest BCUT2D eigenvalue weighted by atomic mass is 10.2. The van der Waals surface area contributed by atoms with Crippen LogP contribution >= 0.6 is 12.4 Å². The summed E-state index contributed by atoms with van der Waals surface area (Å²) in [5, 5.41) is 7.21. The molecule has 27 heavy (non-hydrogen) atoms. The maximum atomic E-state index is 11.8. The van der Waals surface area contributed by atoms with E-state index in [0.29, 0.717) is 29.6 Å². The third kappa shape index (κ3) is 4.59. The number of hydrogen-bond acceptors (Lipinski definition) is 6. The zero-order chi connectivity index (χ0) is 18.7. The third-order valence-electron chi connectivity index (χ3n) is 3.75. The van der Waals surface area contributed by atoms with Crippen LogP contribution < -0.4 is 10.1 Å². The number of nitrogens with one attached hydrogen (secondary N) is 1. The molecular formula is C18H21ClN6O2. The van der Waals surface area contributed by atoms with Gasteiger partial charge in [0.15, 0.2) is 0 Å². The van der Waals surface area contributed by atoms with Gasteiger partial charge in [-0.25, -0.2) is 9.67 Å². The molecule has 0 spiro atoms. The fourth-order valence-corrected chi connectivity index (χ4v) is 2.47. The summed E-state index contributed by atoms with van der Waals surface area (Å²) in [6.07, 6.45) is 3.66. The lowest BCUT2D eigenvalue weighted by molar-refractivity contribution is -0.115. The molecule has 3 rings (SSSR count). The first-order chi connectivity index (χ1) is 12.5. The Morgan fingerprint density at radius 1 is 1.19 bits per heavy atom. The Morgan fingerprint density at radius 2 is 1.96 bits per heavy atom. The Labute approximate surface area is 163 Å². The molecule has 1 N–H and O–H groups in total. The first-order valence-corrected chi connectivity index (χ1v) is 8.22. The third-order valence-corrected chi connectivity index (χ3v) is 3.75. The maximum Gasteiger partial charge on any atom is 0.253 e. The summed E-state index contributed by atoms with van der Waals surface area (Å²) < 4.78 is 6.88. The van der Waals surface area contributed by atoms with E-state index in [9.17, 15) is 4.79 Å². The molecular weight excluding hydrogens is 368 g/mol. The number of anilines is 1. The van der Waals surface area contributed by atoms with Crippen LogP contribution in [0, 0.1) is 13.8 Å². The molecule has 0 saturated heterocycles. The van der Waals surface area contributed by atoms with E-state index in [2.05, 4.69) is 25.4 Å². The van der Waals surface area contributed by atoms with Crippen LogP contribution in [0.3, 0.4) is 0 Å². The van der Waals surface area contributed by atoms with Crippen molar-refractivity contribution >= 4 is 24.1 Å². The fraction of sp³-hybridized carbons (Fsp3) is 0.278. The molecule has 1 amide bonds. The van der Waals surface area contributed by atoms with E-state index in [1.54, 1.807) is 37.2 Å². The fourth-order valence-electron chi connectivity index (χ4n) is 2.47. The van der Waals surface area contributed by atoms with Crippen LogP contribution in [0.25, 0.3) is 17.2 Å². The molecule has 0 aliphatic carbocycles. The first kappa shape index (κ1) is 20.3. The smallest absolute Gasteiger partial charge is 0.253 e. The van der Waals surface area contributed by atoms with Crippen molar-refractivity contribution < 1.29 is 9.53 Å². The summed E-state index contributed by atoms with van der Waals surface area (Å²) >= 11 is 0. The van der Waals surface area contributed by atoms with Gasteiger partial charge in [-0.15, -0.1) is 12.4 Å². The van der Waals surface area contributed by atoms with Crippen LogP contribution in [0.5, 0.6) is 5.75 Å². The van der Waals surface area contributed by atoms with Gasteiger partial charge in [0.05, 0.1) is 24.7 Å². The summed E-state index contributed by atoms with van der Waals surface area (Å²) in [6.45, 7) is 5.61. The summed E-state index contributed by atoms with van der Waals surface area (Å²) in [6, 6.07) is 5.47. The van der Waals surface area contributed by atoms with Crippen LogP contribution in [0.1, 0.15) is 24.7 Å². The van der Waals surface area contributed by atoms with Crippen LogP contribution in [-0.2, 0) is 4.79 Å². The number of halogens is 1. The molecule has 3 aromatic heterocycles. The lowest BCUT2D eigenvalue weighted by Gasteiger charge is -2.10. The highest BCUT2D eigenvalue weighted by Gasteiger charge is 2.13. The Balaban J connectivity index is 0.00000261. The van der Waals surface area contributed by atoms with Crippen molar-refractivity contribution in [3.8, 4) is 23.0 Å². The van der Waals surface area contributed by atoms with E-state index in [1.807, 2.05) is 26.0 Å². The zero-order valence-corrected chi connectivity index (χ0v) is 16.4. The number of hydrogen-bond donors (Lipinski definition) is 1. The molecule has 0 aromatic carbocycles. The van der Waals surface area contributed by atoms with E-state index < -0.39 is 0 Å². The van der Waals surface area contributed by atoms with Gasteiger partial charge >= 0.3 is 0 Å². The highest BCUT2D eigenvalue weighted by atomic mass is 35.5. The number of carbonyl (C=O) groups is 1. The number of carbonyl (C=O) groups excluding carboxylic acids is 1.